The van der Waals surface area contributed by atoms with Crippen LogP contribution in [0.3, 0.4) is 0 Å². The van der Waals surface area contributed by atoms with E-state index in [1.54, 1.807) is 6.08 Å². The van der Waals surface area contributed by atoms with Gasteiger partial charge in [0.05, 0.1) is 4.92 Å². The number of nitrogens with zero attached hydrogens (tertiary/aromatic N) is 1. The van der Waals surface area contributed by atoms with Crippen molar-refractivity contribution < 1.29 is 9.72 Å². The molecule has 1 aromatic carbocycles. The van der Waals surface area contributed by atoms with Gasteiger partial charge >= 0.3 is 0 Å². The Morgan fingerprint density at radius 3 is 2.47 bits per heavy atom. The van der Waals surface area contributed by atoms with E-state index >= 15 is 0 Å². The number of carbonyl (C=O) groups is 1. The molecule has 0 saturated heterocycles. The number of benzene rings is 1. The summed E-state index contributed by atoms with van der Waals surface area (Å²) in [5.41, 5.74) is 0.498. The molecule has 1 rings (SSSR count). The minimum absolute atomic E-state index is 0.00438. The molecule has 4 nitrogen and oxygen atoms in total. The molecule has 0 aliphatic carbocycles. The molecular formula is C11H11NO3. The van der Waals surface area contributed by atoms with Crippen molar-refractivity contribution >= 4 is 11.5 Å². The van der Waals surface area contributed by atoms with E-state index in [4.69, 9.17) is 0 Å². The van der Waals surface area contributed by atoms with Crippen molar-refractivity contribution in [1.82, 2.24) is 0 Å². The van der Waals surface area contributed by atoms with Crippen LogP contribution in [0.25, 0.3) is 0 Å². The summed E-state index contributed by atoms with van der Waals surface area (Å²) in [6.07, 6.45) is 2.68. The van der Waals surface area contributed by atoms with E-state index in [-0.39, 0.29) is 11.5 Å². The lowest BCUT2D eigenvalue weighted by Gasteiger charge is -1.98. The lowest BCUT2D eigenvalue weighted by atomic mass is 10.1. The SMILES string of the molecule is C=CCCC(=O)c1ccc([N+](=O)[O-])cc1. The van der Waals surface area contributed by atoms with E-state index in [2.05, 4.69) is 6.58 Å². The van der Waals surface area contributed by atoms with Gasteiger partial charge in [-0.3, -0.25) is 14.9 Å². The van der Waals surface area contributed by atoms with Crippen LogP contribution in [0.1, 0.15) is 23.2 Å². The topological polar surface area (TPSA) is 60.2 Å². The van der Waals surface area contributed by atoms with Crippen LogP contribution < -0.4 is 0 Å². The Bertz CT molecular complexity index is 381. The molecule has 0 unspecified atom stereocenters. The van der Waals surface area contributed by atoms with Crippen LogP contribution in [0.2, 0.25) is 0 Å². The third kappa shape index (κ3) is 3.02. The maximum Gasteiger partial charge on any atom is 0.269 e. The first-order valence-corrected chi connectivity index (χ1v) is 4.53. The first kappa shape index (κ1) is 11.1. The van der Waals surface area contributed by atoms with Crippen molar-refractivity contribution in [3.05, 3.63) is 52.6 Å². The van der Waals surface area contributed by atoms with Gasteiger partial charge in [-0.05, 0) is 18.6 Å². The van der Waals surface area contributed by atoms with Crippen LogP contribution in [0.15, 0.2) is 36.9 Å². The summed E-state index contributed by atoms with van der Waals surface area (Å²) in [6.45, 7) is 3.52. The van der Waals surface area contributed by atoms with E-state index in [0.717, 1.165) is 0 Å². The molecule has 0 spiro atoms. The molecule has 0 heterocycles. The molecule has 0 radical (unpaired) electrons. The fourth-order valence-corrected chi connectivity index (χ4v) is 1.15. The van der Waals surface area contributed by atoms with Crippen LogP contribution >= 0.6 is 0 Å². The Morgan fingerprint density at radius 2 is 2.00 bits per heavy atom. The first-order valence-electron chi connectivity index (χ1n) is 4.53. The monoisotopic (exact) mass is 205 g/mol. The quantitative estimate of drug-likeness (QED) is 0.321. The number of nitro benzene ring substituents is 1. The molecule has 0 bridgehead atoms. The van der Waals surface area contributed by atoms with Crippen molar-refractivity contribution in [1.29, 1.82) is 0 Å². The van der Waals surface area contributed by atoms with Gasteiger partial charge in [-0.25, -0.2) is 0 Å². The zero-order valence-electron chi connectivity index (χ0n) is 8.18. The van der Waals surface area contributed by atoms with Crippen LogP contribution in [-0.2, 0) is 0 Å². The minimum Gasteiger partial charge on any atom is -0.294 e. The Kier molecular flexibility index (Phi) is 3.74. The summed E-state index contributed by atoms with van der Waals surface area (Å²) in [7, 11) is 0. The van der Waals surface area contributed by atoms with Crippen LogP contribution in [0.4, 0.5) is 5.69 Å². The zero-order valence-corrected chi connectivity index (χ0v) is 8.18. The Morgan fingerprint density at radius 1 is 1.40 bits per heavy atom. The maximum absolute atomic E-state index is 11.5. The Balaban J connectivity index is 2.75. The second-order valence-corrected chi connectivity index (χ2v) is 3.05. The number of ketones is 1. The van der Waals surface area contributed by atoms with Gasteiger partial charge in [0.25, 0.3) is 5.69 Å². The average Bonchev–Trinajstić information content (AvgIpc) is 2.26. The zero-order chi connectivity index (χ0) is 11.3. The largest absolute Gasteiger partial charge is 0.294 e. The van der Waals surface area contributed by atoms with E-state index < -0.39 is 4.92 Å². The number of rotatable bonds is 5. The van der Waals surface area contributed by atoms with Gasteiger partial charge in [-0.1, -0.05) is 6.08 Å². The molecular weight excluding hydrogens is 194 g/mol. The van der Waals surface area contributed by atoms with E-state index in [1.165, 1.54) is 24.3 Å². The number of hydrogen-bond donors (Lipinski definition) is 0. The normalized spacial score (nSPS) is 9.60. The molecule has 0 aliphatic heterocycles. The number of carbonyl (C=O) groups excluding carboxylic acids is 1. The summed E-state index contributed by atoms with van der Waals surface area (Å²) in [5, 5.41) is 10.4. The van der Waals surface area contributed by atoms with Crippen molar-refractivity contribution in [3.8, 4) is 0 Å². The van der Waals surface area contributed by atoms with E-state index in [9.17, 15) is 14.9 Å². The van der Waals surface area contributed by atoms with E-state index in [1.807, 2.05) is 0 Å². The van der Waals surface area contributed by atoms with Crippen LogP contribution in [-0.4, -0.2) is 10.7 Å². The summed E-state index contributed by atoms with van der Waals surface area (Å²) >= 11 is 0. The number of hydrogen-bond acceptors (Lipinski definition) is 3. The molecule has 1 aromatic rings. The van der Waals surface area contributed by atoms with Crippen LogP contribution in [0.5, 0.6) is 0 Å². The summed E-state index contributed by atoms with van der Waals surface area (Å²) in [4.78, 5) is 21.3. The van der Waals surface area contributed by atoms with E-state index in [0.29, 0.717) is 18.4 Å². The highest BCUT2D eigenvalue weighted by Crippen LogP contribution is 2.13. The highest BCUT2D eigenvalue weighted by Gasteiger charge is 2.08. The number of Topliss-reactive ketones (excluding diaryl/α,β-unsaturated/α-hetero) is 1. The van der Waals surface area contributed by atoms with Crippen LogP contribution in [0, 0.1) is 10.1 Å². The lowest BCUT2D eigenvalue weighted by molar-refractivity contribution is -0.384. The Hall–Kier alpha value is -1.97. The molecule has 0 aromatic heterocycles. The molecule has 0 amide bonds. The molecule has 0 fully saturated rings. The third-order valence-electron chi connectivity index (χ3n) is 1.98. The number of nitro groups is 1. The van der Waals surface area contributed by atoms with Gasteiger partial charge in [-0.15, -0.1) is 6.58 Å². The molecule has 0 atom stereocenters. The number of non-ortho nitro benzene ring substituents is 1. The van der Waals surface area contributed by atoms with Crippen molar-refractivity contribution in [2.75, 3.05) is 0 Å². The standard InChI is InChI=1S/C11H11NO3/c1-2-3-4-11(13)9-5-7-10(8-6-9)12(14)15/h2,5-8H,1,3-4H2. The molecule has 0 aliphatic rings. The molecule has 78 valence electrons. The van der Waals surface area contributed by atoms with Gasteiger partial charge in [0.15, 0.2) is 5.78 Å². The van der Waals surface area contributed by atoms with Gasteiger partial charge in [0.2, 0.25) is 0 Å². The third-order valence-corrected chi connectivity index (χ3v) is 1.98. The smallest absolute Gasteiger partial charge is 0.269 e. The summed E-state index contributed by atoms with van der Waals surface area (Å²) in [5.74, 6) is -0.0233. The average molecular weight is 205 g/mol. The summed E-state index contributed by atoms with van der Waals surface area (Å²) < 4.78 is 0. The van der Waals surface area contributed by atoms with Gasteiger partial charge in [0, 0.05) is 24.1 Å². The maximum atomic E-state index is 11.5. The van der Waals surface area contributed by atoms with Gasteiger partial charge in [-0.2, -0.15) is 0 Å². The first-order chi connectivity index (χ1) is 7.15. The number of allylic oxidation sites excluding steroid dienone is 1. The predicted octanol–water partition coefficient (Wildman–Crippen LogP) is 2.74. The highest BCUT2D eigenvalue weighted by molar-refractivity contribution is 5.96. The van der Waals surface area contributed by atoms with Crippen molar-refractivity contribution in [2.24, 2.45) is 0 Å². The van der Waals surface area contributed by atoms with Crippen molar-refractivity contribution in [3.63, 3.8) is 0 Å². The second kappa shape index (κ2) is 5.05. The Labute approximate surface area is 87.4 Å². The highest BCUT2D eigenvalue weighted by atomic mass is 16.6. The molecule has 15 heavy (non-hydrogen) atoms. The van der Waals surface area contributed by atoms with Crippen molar-refractivity contribution in [2.45, 2.75) is 12.8 Å². The predicted molar refractivity (Wildman–Crippen MR) is 56.9 cm³/mol. The minimum atomic E-state index is -0.488. The molecule has 0 N–H and O–H groups in total. The molecule has 4 heteroatoms. The summed E-state index contributed by atoms with van der Waals surface area (Å²) in [6, 6.07) is 5.62. The second-order valence-electron chi connectivity index (χ2n) is 3.05. The van der Waals surface area contributed by atoms with Gasteiger partial charge < -0.3 is 0 Å². The fourth-order valence-electron chi connectivity index (χ4n) is 1.15. The lowest BCUT2D eigenvalue weighted by Crippen LogP contribution is -1.98. The fraction of sp³-hybridized carbons (Fsp3) is 0.182. The molecule has 0 saturated carbocycles. The van der Waals surface area contributed by atoms with Gasteiger partial charge in [0.1, 0.15) is 0 Å².